The average Bonchev–Trinajstić information content (AvgIpc) is 2.91. The number of hydrogen-bond donors (Lipinski definition) is 1. The molecule has 1 atom stereocenters. The molecule has 0 saturated heterocycles. The number of aryl methyl sites for hydroxylation is 2. The Balaban J connectivity index is 2.05. The molecule has 0 bridgehead atoms. The van der Waals surface area contributed by atoms with Gasteiger partial charge in [-0.25, -0.2) is 4.99 Å². The molecule has 0 spiro atoms. The summed E-state index contributed by atoms with van der Waals surface area (Å²) in [7, 11) is 3.60. The molecule has 6 nitrogen and oxygen atoms in total. The minimum Gasteiger partial charge on any atom is -0.493 e. The van der Waals surface area contributed by atoms with Crippen LogP contribution in [0.4, 0.5) is 5.69 Å². The lowest BCUT2D eigenvalue weighted by Crippen LogP contribution is -2.24. The van der Waals surface area contributed by atoms with E-state index in [0.717, 1.165) is 47.1 Å². The number of ether oxygens (including phenoxy) is 2. The van der Waals surface area contributed by atoms with E-state index < -0.39 is 0 Å². The summed E-state index contributed by atoms with van der Waals surface area (Å²) in [5.74, 6) is 1.56. The smallest absolute Gasteiger partial charge is 0.194 e. The van der Waals surface area contributed by atoms with Crippen LogP contribution in [0.25, 0.3) is 0 Å². The van der Waals surface area contributed by atoms with Gasteiger partial charge in [0, 0.05) is 14.2 Å². The van der Waals surface area contributed by atoms with Crippen LogP contribution in [0.3, 0.4) is 0 Å². The lowest BCUT2D eigenvalue weighted by molar-refractivity contribution is 0.104. The molecular weight excluding hydrogens is 304 g/mol. The van der Waals surface area contributed by atoms with Crippen molar-refractivity contribution in [2.24, 2.45) is 12.0 Å². The van der Waals surface area contributed by atoms with E-state index in [9.17, 15) is 0 Å². The molecule has 1 aromatic carbocycles. The van der Waals surface area contributed by atoms with E-state index in [0.29, 0.717) is 6.61 Å². The van der Waals surface area contributed by atoms with Gasteiger partial charge < -0.3 is 14.8 Å². The molecule has 1 aliphatic rings. The maximum atomic E-state index is 5.75. The number of hydrogen-bond acceptors (Lipinski definition) is 5. The molecule has 1 unspecified atom stereocenters. The Labute approximate surface area is 142 Å². The van der Waals surface area contributed by atoms with Gasteiger partial charge in [0.2, 0.25) is 0 Å². The Morgan fingerprint density at radius 1 is 1.25 bits per heavy atom. The van der Waals surface area contributed by atoms with Crippen LogP contribution in [-0.4, -0.2) is 29.3 Å². The molecule has 1 N–H and O–H groups in total. The highest BCUT2D eigenvalue weighted by molar-refractivity contribution is 6.11. The molecule has 1 aliphatic heterocycles. The molecule has 6 heteroatoms. The van der Waals surface area contributed by atoms with Crippen LogP contribution in [0, 0.1) is 0 Å². The van der Waals surface area contributed by atoms with Gasteiger partial charge in [0.15, 0.2) is 6.23 Å². The number of nitrogens with one attached hydrogen (secondary N) is 1. The number of benzene rings is 1. The Kier molecular flexibility index (Phi) is 4.85. The summed E-state index contributed by atoms with van der Waals surface area (Å²) in [5, 5.41) is 8.09. The van der Waals surface area contributed by atoms with Crippen LogP contribution < -0.4 is 10.1 Å². The number of fused-ring (bicyclic) bond motifs is 1. The molecule has 1 aromatic heterocycles. The largest absolute Gasteiger partial charge is 0.493 e. The third-order valence-electron chi connectivity index (χ3n) is 4.04. The first-order chi connectivity index (χ1) is 11.7. The second kappa shape index (κ2) is 7.05. The zero-order valence-electron chi connectivity index (χ0n) is 14.7. The Morgan fingerprint density at radius 3 is 2.75 bits per heavy atom. The molecule has 2 heterocycles. The molecule has 128 valence electrons. The maximum absolute atomic E-state index is 5.75. The topological polar surface area (TPSA) is 60.7 Å². The third kappa shape index (κ3) is 2.89. The monoisotopic (exact) mass is 328 g/mol. The zero-order chi connectivity index (χ0) is 17.1. The number of para-hydroxylation sites is 1. The summed E-state index contributed by atoms with van der Waals surface area (Å²) in [5.41, 5.74) is 3.93. The van der Waals surface area contributed by atoms with Gasteiger partial charge in [0.05, 0.1) is 23.6 Å². The molecule has 0 amide bonds. The molecular formula is C18H24N4O2. The van der Waals surface area contributed by atoms with Crippen LogP contribution in [0.5, 0.6) is 5.75 Å². The van der Waals surface area contributed by atoms with E-state index >= 15 is 0 Å². The lowest BCUT2D eigenvalue weighted by Gasteiger charge is -2.23. The number of rotatable bonds is 6. The van der Waals surface area contributed by atoms with Gasteiger partial charge in [0.25, 0.3) is 0 Å². The van der Waals surface area contributed by atoms with Crippen LogP contribution in [-0.2, 0) is 18.2 Å². The highest BCUT2D eigenvalue weighted by atomic mass is 16.5. The predicted octanol–water partition coefficient (Wildman–Crippen LogP) is 3.29. The summed E-state index contributed by atoms with van der Waals surface area (Å²) in [6, 6.07) is 7.90. The molecule has 3 rings (SSSR count). The zero-order valence-corrected chi connectivity index (χ0v) is 14.7. The van der Waals surface area contributed by atoms with Crippen molar-refractivity contribution in [2.75, 3.05) is 19.0 Å². The number of methoxy groups -OCH3 is 1. The first-order valence-electron chi connectivity index (χ1n) is 8.35. The number of amidine groups is 1. The first kappa shape index (κ1) is 16.5. The summed E-state index contributed by atoms with van der Waals surface area (Å²) in [4.78, 5) is 4.73. The van der Waals surface area contributed by atoms with Gasteiger partial charge in [-0.05, 0) is 25.5 Å². The summed E-state index contributed by atoms with van der Waals surface area (Å²) < 4.78 is 13.2. The minimum absolute atomic E-state index is 0.381. The maximum Gasteiger partial charge on any atom is 0.194 e. The SMILES string of the molecule is CCCc1nn(C)c2c1NC(c1ccccc1OCC)=NC2OC. The van der Waals surface area contributed by atoms with Crippen molar-refractivity contribution in [3.63, 3.8) is 0 Å². The third-order valence-corrected chi connectivity index (χ3v) is 4.04. The van der Waals surface area contributed by atoms with E-state index in [2.05, 4.69) is 17.3 Å². The number of aliphatic imine (C=N–C) groups is 1. The van der Waals surface area contributed by atoms with E-state index in [1.807, 2.05) is 42.9 Å². The fourth-order valence-corrected chi connectivity index (χ4v) is 3.00. The first-order valence-corrected chi connectivity index (χ1v) is 8.35. The number of nitrogens with zero attached hydrogens (tertiary/aromatic N) is 3. The van der Waals surface area contributed by atoms with E-state index in [1.165, 1.54) is 0 Å². The molecule has 0 saturated carbocycles. The van der Waals surface area contributed by atoms with Crippen molar-refractivity contribution in [1.29, 1.82) is 0 Å². The van der Waals surface area contributed by atoms with Crippen LogP contribution >= 0.6 is 0 Å². The summed E-state index contributed by atoms with van der Waals surface area (Å²) in [6.07, 6.45) is 1.56. The molecule has 0 fully saturated rings. The average molecular weight is 328 g/mol. The minimum atomic E-state index is -0.381. The van der Waals surface area contributed by atoms with Crippen molar-refractivity contribution in [1.82, 2.24) is 9.78 Å². The standard InChI is InChI=1S/C18H24N4O2/c1-5-9-13-15-16(22(3)21-13)18(23-4)20-17(19-15)12-10-7-8-11-14(12)24-6-2/h7-8,10-11,18H,5-6,9H2,1-4H3,(H,19,20). The van der Waals surface area contributed by atoms with Gasteiger partial charge >= 0.3 is 0 Å². The molecule has 0 radical (unpaired) electrons. The molecule has 0 aliphatic carbocycles. The normalized spacial score (nSPS) is 16.3. The van der Waals surface area contributed by atoms with Crippen LogP contribution in [0.15, 0.2) is 29.3 Å². The van der Waals surface area contributed by atoms with Gasteiger partial charge in [-0.1, -0.05) is 25.5 Å². The van der Waals surface area contributed by atoms with Crippen molar-refractivity contribution < 1.29 is 9.47 Å². The van der Waals surface area contributed by atoms with E-state index in [-0.39, 0.29) is 6.23 Å². The fourth-order valence-electron chi connectivity index (χ4n) is 3.00. The Hall–Kier alpha value is -2.34. The van der Waals surface area contributed by atoms with Crippen molar-refractivity contribution in [2.45, 2.75) is 32.9 Å². The van der Waals surface area contributed by atoms with Crippen LogP contribution in [0.2, 0.25) is 0 Å². The van der Waals surface area contributed by atoms with E-state index in [4.69, 9.17) is 14.5 Å². The Bertz CT molecular complexity index is 751. The highest BCUT2D eigenvalue weighted by Gasteiger charge is 2.29. The van der Waals surface area contributed by atoms with Crippen molar-refractivity contribution >= 4 is 11.5 Å². The van der Waals surface area contributed by atoms with Gasteiger partial charge in [-0.3, -0.25) is 4.68 Å². The van der Waals surface area contributed by atoms with Gasteiger partial charge in [0.1, 0.15) is 17.3 Å². The van der Waals surface area contributed by atoms with Gasteiger partial charge in [-0.2, -0.15) is 5.10 Å². The van der Waals surface area contributed by atoms with Gasteiger partial charge in [-0.15, -0.1) is 0 Å². The highest BCUT2D eigenvalue weighted by Crippen LogP contribution is 2.35. The second-order valence-corrected chi connectivity index (χ2v) is 5.70. The quantitative estimate of drug-likeness (QED) is 0.884. The summed E-state index contributed by atoms with van der Waals surface area (Å²) in [6.45, 7) is 4.73. The van der Waals surface area contributed by atoms with Crippen molar-refractivity contribution in [3.05, 3.63) is 41.2 Å². The fraction of sp³-hybridized carbons (Fsp3) is 0.444. The molecule has 2 aromatic rings. The lowest BCUT2D eigenvalue weighted by atomic mass is 10.1. The predicted molar refractivity (Wildman–Crippen MR) is 94.7 cm³/mol. The number of anilines is 1. The number of aromatic nitrogens is 2. The van der Waals surface area contributed by atoms with E-state index in [1.54, 1.807) is 7.11 Å². The van der Waals surface area contributed by atoms with Crippen molar-refractivity contribution in [3.8, 4) is 5.75 Å². The molecule has 24 heavy (non-hydrogen) atoms. The van der Waals surface area contributed by atoms with Crippen LogP contribution in [0.1, 0.15) is 43.4 Å². The second-order valence-electron chi connectivity index (χ2n) is 5.70. The Morgan fingerprint density at radius 2 is 2.04 bits per heavy atom. The summed E-state index contributed by atoms with van der Waals surface area (Å²) >= 11 is 0.